The maximum Gasteiger partial charge on any atom is 0.0700 e. The van der Waals surface area contributed by atoms with Crippen LogP contribution < -0.4 is 5.32 Å². The lowest BCUT2D eigenvalue weighted by atomic mass is 10.1. The van der Waals surface area contributed by atoms with Crippen LogP contribution in [0, 0.1) is 0 Å². The third-order valence-corrected chi connectivity index (χ3v) is 3.97. The van der Waals surface area contributed by atoms with Gasteiger partial charge in [-0.3, -0.25) is 0 Å². The van der Waals surface area contributed by atoms with Crippen molar-refractivity contribution in [3.8, 4) is 0 Å². The predicted octanol–water partition coefficient (Wildman–Crippen LogP) is 1.90. The Morgan fingerprint density at radius 1 is 1.54 bits per heavy atom. The van der Waals surface area contributed by atoms with Gasteiger partial charge in [-0.1, -0.05) is 0 Å². The summed E-state index contributed by atoms with van der Waals surface area (Å²) in [6.45, 7) is 8.66. The van der Waals surface area contributed by atoms with Crippen molar-refractivity contribution in [2.45, 2.75) is 44.1 Å². The zero-order chi connectivity index (χ0) is 9.90. The summed E-state index contributed by atoms with van der Waals surface area (Å²) in [6, 6.07) is 0.562. The molecule has 1 rings (SSSR count). The molecule has 0 aromatic carbocycles. The van der Waals surface area contributed by atoms with Crippen LogP contribution in [-0.4, -0.2) is 36.3 Å². The first-order valence-electron chi connectivity index (χ1n) is 4.95. The van der Waals surface area contributed by atoms with E-state index in [9.17, 15) is 0 Å². The molecule has 0 saturated carbocycles. The van der Waals surface area contributed by atoms with Crippen LogP contribution in [0.1, 0.15) is 27.2 Å². The van der Waals surface area contributed by atoms with Crippen molar-refractivity contribution in [1.82, 2.24) is 5.32 Å². The lowest BCUT2D eigenvalue weighted by Crippen LogP contribution is -2.41. The van der Waals surface area contributed by atoms with E-state index in [0.717, 1.165) is 19.6 Å². The number of hydrogen-bond donors (Lipinski definition) is 1. The van der Waals surface area contributed by atoms with Crippen LogP contribution in [0.25, 0.3) is 0 Å². The molecule has 13 heavy (non-hydrogen) atoms. The number of rotatable bonds is 4. The van der Waals surface area contributed by atoms with Gasteiger partial charge in [0.25, 0.3) is 0 Å². The highest BCUT2D eigenvalue weighted by Crippen LogP contribution is 2.21. The largest absolute Gasteiger partial charge is 0.377 e. The van der Waals surface area contributed by atoms with Crippen LogP contribution >= 0.6 is 11.8 Å². The molecule has 78 valence electrons. The highest BCUT2D eigenvalue weighted by atomic mass is 32.2. The molecule has 1 heterocycles. The molecule has 0 amide bonds. The monoisotopic (exact) mass is 203 g/mol. The summed E-state index contributed by atoms with van der Waals surface area (Å²) in [5.41, 5.74) is 0. The Kier molecular flexibility index (Phi) is 4.07. The van der Waals surface area contributed by atoms with Gasteiger partial charge in [0.2, 0.25) is 0 Å². The lowest BCUT2D eigenvalue weighted by molar-refractivity contribution is 0.113. The van der Waals surface area contributed by atoms with Crippen LogP contribution in [0.5, 0.6) is 0 Å². The van der Waals surface area contributed by atoms with E-state index in [2.05, 4.69) is 32.3 Å². The van der Waals surface area contributed by atoms with Crippen molar-refractivity contribution in [1.29, 1.82) is 0 Å². The van der Waals surface area contributed by atoms with Gasteiger partial charge in [0.05, 0.1) is 6.10 Å². The Labute approximate surface area is 85.8 Å². The van der Waals surface area contributed by atoms with Crippen molar-refractivity contribution in [3.63, 3.8) is 0 Å². The molecule has 0 aromatic heterocycles. The van der Waals surface area contributed by atoms with E-state index in [1.54, 1.807) is 0 Å². The Morgan fingerprint density at radius 2 is 2.23 bits per heavy atom. The summed E-state index contributed by atoms with van der Waals surface area (Å²) < 4.78 is 5.83. The van der Waals surface area contributed by atoms with E-state index < -0.39 is 0 Å². The first-order valence-corrected chi connectivity index (χ1v) is 6.18. The first-order chi connectivity index (χ1) is 6.05. The molecular weight excluding hydrogens is 182 g/mol. The number of hydrogen-bond acceptors (Lipinski definition) is 3. The van der Waals surface area contributed by atoms with Crippen LogP contribution in [0.3, 0.4) is 0 Å². The third kappa shape index (κ3) is 3.49. The summed E-state index contributed by atoms with van der Waals surface area (Å²) in [6.07, 6.45) is 3.71. The van der Waals surface area contributed by atoms with E-state index in [0.29, 0.717) is 16.9 Å². The van der Waals surface area contributed by atoms with Gasteiger partial charge in [-0.05, 0) is 33.4 Å². The van der Waals surface area contributed by atoms with Gasteiger partial charge < -0.3 is 10.1 Å². The van der Waals surface area contributed by atoms with Gasteiger partial charge in [0.1, 0.15) is 0 Å². The van der Waals surface area contributed by atoms with Gasteiger partial charge in [0, 0.05) is 23.9 Å². The minimum atomic E-state index is 0.336. The fourth-order valence-corrected chi connectivity index (χ4v) is 1.68. The second-order valence-corrected chi connectivity index (χ2v) is 5.83. The quantitative estimate of drug-likeness (QED) is 0.754. The molecular formula is C10H21NOS. The SMILES string of the molecule is CSC(C)(C)CNC1CCOC1C. The first kappa shape index (κ1) is 11.3. The van der Waals surface area contributed by atoms with Crippen molar-refractivity contribution < 1.29 is 4.74 Å². The Bertz CT molecular complexity index is 161. The topological polar surface area (TPSA) is 21.3 Å². The van der Waals surface area contributed by atoms with Gasteiger partial charge in [-0.2, -0.15) is 11.8 Å². The molecule has 1 saturated heterocycles. The molecule has 0 aromatic rings. The molecule has 0 bridgehead atoms. The molecule has 2 unspecified atom stereocenters. The average molecular weight is 203 g/mol. The van der Waals surface area contributed by atoms with Crippen molar-refractivity contribution in [3.05, 3.63) is 0 Å². The maximum absolute atomic E-state index is 5.49. The second-order valence-electron chi connectivity index (χ2n) is 4.32. The average Bonchev–Trinajstić information content (AvgIpc) is 2.48. The minimum Gasteiger partial charge on any atom is -0.377 e. The van der Waals surface area contributed by atoms with E-state index in [4.69, 9.17) is 4.74 Å². The molecule has 2 atom stereocenters. The molecule has 0 radical (unpaired) electrons. The summed E-state index contributed by atoms with van der Waals surface area (Å²) in [5.74, 6) is 0. The second kappa shape index (κ2) is 4.67. The van der Waals surface area contributed by atoms with Crippen LogP contribution in [-0.2, 0) is 4.74 Å². The van der Waals surface area contributed by atoms with Crippen molar-refractivity contribution in [2.75, 3.05) is 19.4 Å². The van der Waals surface area contributed by atoms with Crippen molar-refractivity contribution >= 4 is 11.8 Å². The Morgan fingerprint density at radius 3 is 2.69 bits per heavy atom. The standard InChI is InChI=1S/C10H21NOS/c1-8-9(5-6-12-8)11-7-10(2,3)13-4/h8-9,11H,5-7H2,1-4H3. The van der Waals surface area contributed by atoms with E-state index in [-0.39, 0.29) is 0 Å². The normalized spacial score (nSPS) is 29.5. The molecule has 1 N–H and O–H groups in total. The Balaban J connectivity index is 2.25. The summed E-state index contributed by atoms with van der Waals surface area (Å²) >= 11 is 1.91. The number of ether oxygens (including phenoxy) is 1. The summed E-state index contributed by atoms with van der Waals surface area (Å²) in [7, 11) is 0. The summed E-state index contributed by atoms with van der Waals surface area (Å²) in [5, 5.41) is 3.58. The zero-order valence-corrected chi connectivity index (χ0v) is 9.91. The van der Waals surface area contributed by atoms with Crippen molar-refractivity contribution in [2.24, 2.45) is 0 Å². The molecule has 1 fully saturated rings. The lowest BCUT2D eigenvalue weighted by Gasteiger charge is -2.26. The predicted molar refractivity (Wildman–Crippen MR) is 59.4 cm³/mol. The highest BCUT2D eigenvalue weighted by Gasteiger charge is 2.26. The maximum atomic E-state index is 5.49. The van der Waals surface area contributed by atoms with Crippen LogP contribution in [0.2, 0.25) is 0 Å². The zero-order valence-electron chi connectivity index (χ0n) is 9.09. The minimum absolute atomic E-state index is 0.336. The van der Waals surface area contributed by atoms with E-state index in [1.165, 1.54) is 0 Å². The van der Waals surface area contributed by atoms with E-state index in [1.807, 2.05) is 11.8 Å². The smallest absolute Gasteiger partial charge is 0.0700 e. The fraction of sp³-hybridized carbons (Fsp3) is 1.00. The fourth-order valence-electron chi connectivity index (χ4n) is 1.45. The van der Waals surface area contributed by atoms with Gasteiger partial charge in [0.15, 0.2) is 0 Å². The molecule has 1 aliphatic rings. The number of nitrogens with one attached hydrogen (secondary N) is 1. The van der Waals surface area contributed by atoms with Gasteiger partial charge in [-0.25, -0.2) is 0 Å². The number of thioether (sulfide) groups is 1. The van der Waals surface area contributed by atoms with Gasteiger partial charge in [-0.15, -0.1) is 0 Å². The Hall–Kier alpha value is 0.270. The van der Waals surface area contributed by atoms with E-state index >= 15 is 0 Å². The highest BCUT2D eigenvalue weighted by molar-refractivity contribution is 7.99. The van der Waals surface area contributed by atoms with Crippen LogP contribution in [0.4, 0.5) is 0 Å². The molecule has 0 spiro atoms. The molecule has 0 aliphatic carbocycles. The molecule has 1 aliphatic heterocycles. The third-order valence-electron chi connectivity index (χ3n) is 2.72. The molecule has 2 nitrogen and oxygen atoms in total. The molecule has 3 heteroatoms. The summed E-state index contributed by atoms with van der Waals surface area (Å²) in [4.78, 5) is 0. The van der Waals surface area contributed by atoms with Gasteiger partial charge >= 0.3 is 0 Å². The van der Waals surface area contributed by atoms with Crippen LogP contribution in [0.15, 0.2) is 0 Å².